The summed E-state index contributed by atoms with van der Waals surface area (Å²) in [6, 6.07) is 2.45. The Hall–Kier alpha value is -11.0. The molecule has 1 aliphatic carbocycles. The Morgan fingerprint density at radius 3 is 1.59 bits per heavy atom. The second-order valence-electron chi connectivity index (χ2n) is 34.6. The van der Waals surface area contributed by atoms with Crippen molar-refractivity contribution >= 4 is 93.7 Å². The van der Waals surface area contributed by atoms with E-state index in [1.807, 2.05) is 0 Å². The van der Waals surface area contributed by atoms with E-state index in [1.54, 1.807) is 34.8 Å². The third-order valence-corrected chi connectivity index (χ3v) is 23.7. The molecule has 5 atom stereocenters. The molecule has 48 heteroatoms. The van der Waals surface area contributed by atoms with Crippen molar-refractivity contribution in [3.63, 3.8) is 0 Å². The molecule has 6 heterocycles. The number of amides is 11. The number of imide groups is 2. The fourth-order valence-electron chi connectivity index (χ4n) is 15.8. The molecule has 4 aliphatic heterocycles. The van der Waals surface area contributed by atoms with E-state index >= 15 is 4.39 Å². The zero-order valence-corrected chi connectivity index (χ0v) is 84.6. The van der Waals surface area contributed by atoms with E-state index < -0.39 is 131 Å². The van der Waals surface area contributed by atoms with Crippen LogP contribution in [0.25, 0.3) is 22.3 Å². The number of fused-ring (bicyclic) bond motifs is 5. The first-order valence-corrected chi connectivity index (χ1v) is 49.8. The number of carbonyl (C=O) groups excluding carboxylic acids is 13. The molecule has 47 nitrogen and oxygen atoms in total. The summed E-state index contributed by atoms with van der Waals surface area (Å²) < 4.78 is 127. The molecule has 2 aromatic carbocycles. The van der Waals surface area contributed by atoms with Crippen LogP contribution in [-0.4, -0.2) is 378 Å². The van der Waals surface area contributed by atoms with E-state index in [9.17, 15) is 72.2 Å². The number of anilines is 1. The first-order chi connectivity index (χ1) is 71.2. The highest BCUT2D eigenvalue weighted by Gasteiger charge is 2.47. The van der Waals surface area contributed by atoms with Gasteiger partial charge in [0.1, 0.15) is 43.8 Å². The van der Waals surface area contributed by atoms with Gasteiger partial charge in [-0.2, -0.15) is 0 Å². The van der Waals surface area contributed by atoms with Gasteiger partial charge >= 0.3 is 18.0 Å². The van der Waals surface area contributed by atoms with E-state index in [0.29, 0.717) is 198 Å². The third-order valence-electron chi connectivity index (χ3n) is 23.7. The Kier molecular flexibility index (Phi) is 54.1. The summed E-state index contributed by atoms with van der Waals surface area (Å²) in [6.07, 6.45) is 2.20. The van der Waals surface area contributed by atoms with Gasteiger partial charge in [-0.05, 0) is 99.6 Å². The molecule has 1 saturated heterocycles. The number of halogens is 1. The molecule has 11 amide bonds. The van der Waals surface area contributed by atoms with Crippen molar-refractivity contribution in [2.24, 2.45) is 5.92 Å². The van der Waals surface area contributed by atoms with Crippen molar-refractivity contribution in [3.8, 4) is 11.4 Å². The van der Waals surface area contributed by atoms with Gasteiger partial charge in [0.2, 0.25) is 29.5 Å². The number of alkyl carbamates (subject to hydrolysis) is 1. The van der Waals surface area contributed by atoms with Crippen LogP contribution in [-0.2, 0) is 184 Å². The number of methoxy groups -OCH3 is 1. The summed E-state index contributed by atoms with van der Waals surface area (Å²) in [7, 11) is 1.62. The summed E-state index contributed by atoms with van der Waals surface area (Å²) in [5.41, 5.74) is 0.610. The predicted octanol–water partition coefficient (Wildman–Crippen LogP) is 2.16. The van der Waals surface area contributed by atoms with Crippen LogP contribution >= 0.6 is 0 Å². The highest BCUT2D eigenvalue weighted by atomic mass is 19.1. The van der Waals surface area contributed by atoms with E-state index in [-0.39, 0.29) is 215 Å². The SMILES string of the molecule is CC[C@@]1(O)C(=O)OCc2c1cc1n(c2=O)Cc2c-1nc1cc(F)c(C)c3c1c2[C@@H](NC(=O)OCc1ccc(NC(=O)[C@H](C)NC(=O)[C@@H](NC(=O)[C@H](CCCCNC(=O)COCCOCCOCCOCCOCCOCCOCCOCCOCCOC)NC(=O)CCCN2C(=O)C=CC2=O)C(C)C)cc1C(=O)NCCOCCOCCOCCOCCOCCOCCOCCOCCC(=O)ON1C(=O)CCC1=O)CC3. The van der Waals surface area contributed by atoms with Crippen LogP contribution in [0.5, 0.6) is 0 Å². The molecule has 8 N–H and O–H groups in total. The number of nitrogens with zero attached hydrogens (tertiary/aromatic N) is 4. The van der Waals surface area contributed by atoms with Gasteiger partial charge in [-0.25, -0.2) is 23.8 Å². The normalized spacial score (nSPS) is 15.7. The summed E-state index contributed by atoms with van der Waals surface area (Å²) >= 11 is 0. The number of hydrogen-bond donors (Lipinski definition) is 8. The van der Waals surface area contributed by atoms with E-state index in [4.69, 9.17) is 105 Å². The summed E-state index contributed by atoms with van der Waals surface area (Å²) in [6.45, 7) is 18.0. The Balaban J connectivity index is 0.708. The molecule has 0 spiro atoms. The monoisotopic (exact) mass is 2080 g/mol. The molecule has 4 aromatic rings. The van der Waals surface area contributed by atoms with Gasteiger partial charge in [-0.15, -0.1) is 5.06 Å². The molecular weight excluding hydrogens is 1940 g/mol. The zero-order valence-electron chi connectivity index (χ0n) is 84.6. The molecule has 0 bridgehead atoms. The van der Waals surface area contributed by atoms with Crippen molar-refractivity contribution in [3.05, 3.63) is 103 Å². The lowest BCUT2D eigenvalue weighted by molar-refractivity contribution is -0.198. The lowest BCUT2D eigenvalue weighted by atomic mass is 9.81. The van der Waals surface area contributed by atoms with Crippen LogP contribution in [0, 0.1) is 18.7 Å². The zero-order chi connectivity index (χ0) is 106. The van der Waals surface area contributed by atoms with Crippen LogP contribution in [0.4, 0.5) is 14.9 Å². The standard InChI is InChI=1S/C99H142FN11O36/c1-7-99(126)75-60-80-91-73(62-110(80)96(123)74(75)64-145-97(99)124)89-77(16-15-71-67(4)76(100)61-79(106-91)88(71)89)107-98(125)146-63-69-13-14-70(59-72(69)93(120)102-23-26-129-30-32-132-36-38-135-42-44-138-48-47-137-43-41-134-37-35-131-31-29-128-25-21-87(118)147-111-85(116)19-20-86(111)117)104-92(119)68(5)103-95(122)90(66(2)3)108-94(121)78(105-81(112)12-10-24-109-83(114)17-18-84(109)115)11-8-9-22-101-82(113)65-144-58-57-143-56-55-142-54-53-141-52-51-140-50-49-139-46-45-136-40-39-133-34-33-130-28-27-127-6/h13-14,17-18,59-61,66,68,77-78,90,126H,7-12,15-16,19-58,62-65H2,1-6H3,(H,101,113)(H,102,120)(H,103,122)(H,104,119)(H,105,112)(H,107,125)(H,108,121)/t68-,77-,78-,90-,99-/m0/s1. The van der Waals surface area contributed by atoms with Crippen molar-refractivity contribution in [2.45, 2.75) is 155 Å². The lowest BCUT2D eigenvalue weighted by Crippen LogP contribution is -2.57. The molecule has 5 aliphatic rings. The molecule has 147 heavy (non-hydrogen) atoms. The van der Waals surface area contributed by atoms with E-state index in [2.05, 4.69) is 37.2 Å². The minimum atomic E-state index is -2.13. The second-order valence-corrected chi connectivity index (χ2v) is 34.6. The highest BCUT2D eigenvalue weighted by molar-refractivity contribution is 6.13. The first kappa shape index (κ1) is 120. The number of esters is 1. The molecule has 0 radical (unpaired) electrons. The van der Waals surface area contributed by atoms with Gasteiger partial charge in [0, 0.05) is 97.6 Å². The quantitative estimate of drug-likeness (QED) is 0.0157. The summed E-state index contributed by atoms with van der Waals surface area (Å²) in [4.78, 5) is 195. The summed E-state index contributed by atoms with van der Waals surface area (Å²) in [5.74, 6) is -8.91. The molecule has 0 unspecified atom stereocenters. The number of rotatable bonds is 79. The fourth-order valence-corrected chi connectivity index (χ4v) is 15.8. The Labute approximate surface area is 851 Å². The number of carbonyl (C=O) groups is 13. The molecule has 2 aromatic heterocycles. The minimum absolute atomic E-state index is 0.0120. The number of ether oxygens (including phenoxy) is 20. The molecule has 1 fully saturated rings. The Morgan fingerprint density at radius 1 is 0.551 bits per heavy atom. The maximum atomic E-state index is 15.8. The molecule has 816 valence electrons. The number of aromatic nitrogens is 2. The Morgan fingerprint density at radius 2 is 1.07 bits per heavy atom. The van der Waals surface area contributed by atoms with Crippen LogP contribution in [0.15, 0.2) is 47.3 Å². The number of nitrogens with one attached hydrogen (secondary N) is 7. The van der Waals surface area contributed by atoms with Crippen molar-refractivity contribution in [1.29, 1.82) is 0 Å². The lowest BCUT2D eigenvalue weighted by Gasteiger charge is -2.31. The molecule has 9 rings (SSSR count). The molecular formula is C99H142FN11O36. The average molecular weight is 2080 g/mol. The largest absolute Gasteiger partial charge is 0.458 e. The van der Waals surface area contributed by atoms with Crippen molar-refractivity contribution < 1.29 is 171 Å². The number of benzene rings is 2. The fraction of sp³-hybridized carbons (Fsp3) is 0.646. The van der Waals surface area contributed by atoms with E-state index in [1.165, 1.54) is 41.8 Å². The Bertz CT molecular complexity index is 5000. The number of cyclic esters (lactones) is 1. The topological polar surface area (TPSA) is 562 Å². The van der Waals surface area contributed by atoms with Gasteiger partial charge in [-0.3, -0.25) is 57.6 Å². The highest BCUT2D eigenvalue weighted by Crippen LogP contribution is 2.46. The number of pyridine rings is 2. The van der Waals surface area contributed by atoms with Crippen LogP contribution < -0.4 is 42.8 Å². The average Bonchev–Trinajstić information content (AvgIpc) is 1.54. The first-order valence-electron chi connectivity index (χ1n) is 49.8. The number of unbranched alkanes of at least 4 members (excludes halogenated alkanes) is 1. The smallest absolute Gasteiger partial charge is 0.407 e. The van der Waals surface area contributed by atoms with Gasteiger partial charge in [0.05, 0.1) is 266 Å². The number of hydrogen-bond acceptors (Lipinski definition) is 37. The predicted molar refractivity (Wildman–Crippen MR) is 517 cm³/mol. The van der Waals surface area contributed by atoms with Gasteiger partial charge in [-0.1, -0.05) is 26.8 Å². The third kappa shape index (κ3) is 40.1. The maximum absolute atomic E-state index is 15.8. The van der Waals surface area contributed by atoms with Gasteiger partial charge < -0.3 is 146 Å². The number of aliphatic hydroxyl groups is 1. The summed E-state index contributed by atoms with van der Waals surface area (Å²) in [5, 5.41) is 32.1. The molecule has 0 saturated carbocycles. The van der Waals surface area contributed by atoms with Crippen LogP contribution in [0.3, 0.4) is 0 Å². The van der Waals surface area contributed by atoms with Crippen LogP contribution in [0.2, 0.25) is 0 Å². The second kappa shape index (κ2) is 66.5. The van der Waals surface area contributed by atoms with E-state index in [0.717, 1.165) is 17.1 Å². The number of hydroxylamine groups is 2. The van der Waals surface area contributed by atoms with Crippen LogP contribution in [0.1, 0.15) is 147 Å². The number of aryl methyl sites for hydroxylation is 1. The van der Waals surface area contributed by atoms with Crippen molar-refractivity contribution in [2.75, 3.05) is 263 Å². The minimum Gasteiger partial charge on any atom is -0.458 e. The van der Waals surface area contributed by atoms with Crippen molar-refractivity contribution in [1.82, 2.24) is 51.4 Å². The van der Waals surface area contributed by atoms with Gasteiger partial charge in [0.15, 0.2) is 5.60 Å². The van der Waals surface area contributed by atoms with Gasteiger partial charge in [0.25, 0.3) is 35.1 Å². The maximum Gasteiger partial charge on any atom is 0.407 e.